The average Bonchev–Trinajstić information content (AvgIpc) is 3.77. The summed E-state index contributed by atoms with van der Waals surface area (Å²) in [6.07, 6.45) is 12.2. The first kappa shape index (κ1) is 65.1. The molecule has 14 nitrogen and oxygen atoms in total. The van der Waals surface area contributed by atoms with Crippen molar-refractivity contribution in [3.05, 3.63) is 159 Å². The third-order valence-corrected chi connectivity index (χ3v) is 15.4. The van der Waals surface area contributed by atoms with Crippen molar-refractivity contribution in [1.82, 2.24) is 24.6 Å². The van der Waals surface area contributed by atoms with Crippen LogP contribution in [0.2, 0.25) is 0 Å². The van der Waals surface area contributed by atoms with Gasteiger partial charge in [-0.15, -0.1) is 0 Å². The van der Waals surface area contributed by atoms with Gasteiger partial charge in [-0.05, 0) is 163 Å². The van der Waals surface area contributed by atoms with E-state index in [1.807, 2.05) is 79.2 Å². The normalized spacial score (nSPS) is 19.2. The van der Waals surface area contributed by atoms with Crippen molar-refractivity contribution < 1.29 is 75.7 Å². The number of aryl methyl sites for hydroxylation is 2. The molecule has 2 saturated heterocycles. The maximum absolute atomic E-state index is 15.0. The van der Waals surface area contributed by atoms with E-state index < -0.39 is 6.04 Å². The van der Waals surface area contributed by atoms with Crippen LogP contribution in [0.5, 0.6) is 0 Å². The Morgan fingerprint density at radius 3 is 2.13 bits per heavy atom. The molecule has 0 aliphatic carbocycles. The number of nitrogens with two attached hydrogens (primary N) is 1. The fourth-order valence-corrected chi connectivity index (χ4v) is 11.1. The number of halogens is 1. The monoisotopic (exact) mass is 1080 g/mol. The summed E-state index contributed by atoms with van der Waals surface area (Å²) in [5, 5.41) is 8.17. The molecular weight excluding hydrogens is 997 g/mol. The molecule has 5 aliphatic heterocycles. The standard InChI is InChI=1S/C30H36FN5O2.C27H37N4O2.2C2H6.K.H2O/c1-18-14-22(20(3)37)15-25(31)29(18)21-7-11-35(12-8-21)19(2)27-17-24-26(6-10-33-30(24)34(27)5)36-13-9-23(32-4)16-28(36)38;1-5-24(27(32)17-28)31-25-11-8-21(16-26(25)29(4)20(3)33-31)18-30-14-12-23(13-15-30)22-9-6-19(2)7-10-22;2*1-2;;/h6,9-10,13-17,19,21,30,32-33H,7-8,11-12H2,1-5H3;6-11,16,20,23-24H,1,5,12-15,17-18,28H2,2-4H3;2*1-2H3;;1H2/q;-1;;;+1;/p-1. The minimum absolute atomic E-state index is 0. The maximum Gasteiger partial charge on any atom is 1.00 e. The Balaban J connectivity index is 0.000000307. The summed E-state index contributed by atoms with van der Waals surface area (Å²) < 4.78 is 16.7. The second-order valence-corrected chi connectivity index (χ2v) is 19.9. The number of carbonyl (C=O) groups is 2. The van der Waals surface area contributed by atoms with Crippen LogP contribution in [0.3, 0.4) is 0 Å². The predicted molar refractivity (Wildman–Crippen MR) is 308 cm³/mol. The molecule has 16 heteroatoms. The Morgan fingerprint density at radius 1 is 0.896 bits per heavy atom. The number of hydrogen-bond donors (Lipinski definition) is 3. The number of allylic oxidation sites excluding steroid dienone is 2. The van der Waals surface area contributed by atoms with Crippen molar-refractivity contribution in [3.8, 4) is 0 Å². The van der Waals surface area contributed by atoms with Crippen molar-refractivity contribution in [2.75, 3.05) is 69.1 Å². The molecule has 77 heavy (non-hydrogen) atoms. The van der Waals surface area contributed by atoms with Gasteiger partial charge < -0.3 is 38.6 Å². The second-order valence-electron chi connectivity index (χ2n) is 19.9. The second kappa shape index (κ2) is 30.2. The number of nitrogens with one attached hydrogen (secondary N) is 2. The number of rotatable bonds is 13. The number of likely N-dealkylation sites (N-methyl/N-ethyl adjacent to an activating group) is 1. The van der Waals surface area contributed by atoms with Gasteiger partial charge in [0.15, 0.2) is 17.8 Å². The summed E-state index contributed by atoms with van der Waals surface area (Å²) in [5.74, 6) is 0.362. The summed E-state index contributed by atoms with van der Waals surface area (Å²) in [6, 6.07) is 21.9. The molecule has 5 aliphatic rings. The summed E-state index contributed by atoms with van der Waals surface area (Å²) >= 11 is 0. The number of hydroxylamine groups is 1. The zero-order chi connectivity index (χ0) is 54.7. The molecule has 4 aromatic rings. The molecule has 4 atom stereocenters. The van der Waals surface area contributed by atoms with E-state index in [1.54, 1.807) is 22.7 Å². The van der Waals surface area contributed by atoms with Gasteiger partial charge in [-0.25, -0.2) is 14.3 Å². The number of piperidine rings is 2. The van der Waals surface area contributed by atoms with E-state index in [9.17, 15) is 18.8 Å². The van der Waals surface area contributed by atoms with E-state index in [0.717, 1.165) is 85.0 Å². The van der Waals surface area contributed by atoms with Crippen molar-refractivity contribution in [3.63, 3.8) is 0 Å². The molecule has 6 heterocycles. The van der Waals surface area contributed by atoms with Gasteiger partial charge in [0.05, 0.1) is 29.7 Å². The molecule has 9 rings (SSSR count). The molecule has 0 amide bonds. The van der Waals surface area contributed by atoms with Crippen LogP contribution in [0, 0.1) is 26.6 Å². The van der Waals surface area contributed by atoms with Crippen molar-refractivity contribution in [2.45, 2.75) is 137 Å². The van der Waals surface area contributed by atoms with Crippen LogP contribution in [0.15, 0.2) is 107 Å². The zero-order valence-electron chi connectivity index (χ0n) is 48.3. The Kier molecular flexibility index (Phi) is 25.5. The number of benzene rings is 3. The number of hydrogen-bond acceptors (Lipinski definition) is 13. The molecule has 1 aromatic heterocycles. The average molecular weight is 1080 g/mol. The molecule has 0 bridgehead atoms. The van der Waals surface area contributed by atoms with Crippen LogP contribution < -0.4 is 83.3 Å². The Morgan fingerprint density at radius 2 is 1.55 bits per heavy atom. The number of pyridine rings is 1. The number of likely N-dealkylation sites (tertiary alicyclic amines) is 2. The zero-order valence-corrected chi connectivity index (χ0v) is 51.5. The van der Waals surface area contributed by atoms with E-state index in [2.05, 4.69) is 107 Å². The van der Waals surface area contributed by atoms with Crippen LogP contribution in [0.4, 0.5) is 21.5 Å². The maximum atomic E-state index is 15.0. The summed E-state index contributed by atoms with van der Waals surface area (Å²) in [4.78, 5) is 52.4. The number of dihydropyridines is 1. The number of nitrogens with zero attached hydrogens (tertiary/aromatic N) is 6. The van der Waals surface area contributed by atoms with E-state index in [-0.39, 0.29) is 111 Å². The van der Waals surface area contributed by atoms with E-state index >= 15 is 0 Å². The van der Waals surface area contributed by atoms with Crippen LogP contribution in [-0.2, 0) is 16.2 Å². The van der Waals surface area contributed by atoms with Crippen LogP contribution in [-0.4, -0.2) is 115 Å². The first-order chi connectivity index (χ1) is 36.1. The third kappa shape index (κ3) is 15.1. The number of aromatic nitrogens is 1. The third-order valence-electron chi connectivity index (χ3n) is 15.4. The van der Waals surface area contributed by atoms with Gasteiger partial charge in [-0.1, -0.05) is 63.6 Å². The van der Waals surface area contributed by atoms with Crippen molar-refractivity contribution in [2.24, 2.45) is 5.73 Å². The molecule has 0 saturated carbocycles. The molecular formula is C61H86FKN9O5-. The van der Waals surface area contributed by atoms with Crippen LogP contribution in [0.1, 0.15) is 131 Å². The largest absolute Gasteiger partial charge is 1.00 e. The Hall–Kier alpha value is -4.46. The van der Waals surface area contributed by atoms with E-state index in [1.165, 1.54) is 48.2 Å². The SMILES string of the molecule is CC.CC.CNc1ccn(C2=C3C=C(C(C)N4CCC(c5c(C)cc(C(C)=O)cc5F)CC4)N(C)C3NC=C2)c(=O)c1.[CH2-]CC(C(=O)CN)N1OC(C)N(C)c2cc(CN3CCC(c4ccc(C)cc4)CC3)ccc21.[K+].[OH-]. The number of anilines is 3. The summed E-state index contributed by atoms with van der Waals surface area (Å²) in [6.45, 7) is 26.5. The van der Waals surface area contributed by atoms with Gasteiger partial charge in [-0.2, -0.15) is 6.42 Å². The predicted octanol–water partition coefficient (Wildman–Crippen LogP) is 7.20. The van der Waals surface area contributed by atoms with Gasteiger partial charge in [0.25, 0.3) is 5.56 Å². The van der Waals surface area contributed by atoms with E-state index in [4.69, 9.17) is 10.6 Å². The number of carbonyl (C=O) groups excluding carboxylic acids is 2. The molecule has 2 fully saturated rings. The Bertz CT molecular complexity index is 2720. The topological polar surface area (TPSA) is 162 Å². The minimum Gasteiger partial charge on any atom is -0.870 e. The molecule has 414 valence electrons. The smallest absolute Gasteiger partial charge is 0.870 e. The first-order valence-electron chi connectivity index (χ1n) is 27.3. The van der Waals surface area contributed by atoms with Crippen molar-refractivity contribution in [1.29, 1.82) is 0 Å². The van der Waals surface area contributed by atoms with Crippen molar-refractivity contribution >= 4 is 34.3 Å². The number of Topliss-reactive ketones (excluding diaryl/α,β-unsaturated/α-hetero) is 2. The van der Waals surface area contributed by atoms with Gasteiger partial charge >= 0.3 is 51.4 Å². The minimum atomic E-state index is -0.475. The summed E-state index contributed by atoms with van der Waals surface area (Å²) in [7, 11) is 5.91. The fraction of sp³-hybridized carbons (Fsp3) is 0.475. The summed E-state index contributed by atoms with van der Waals surface area (Å²) in [5.41, 5.74) is 17.6. The molecule has 0 spiro atoms. The molecule has 4 unspecified atom stereocenters. The quantitative estimate of drug-likeness (QED) is 0.0702. The van der Waals surface area contributed by atoms with Gasteiger partial charge in [0.2, 0.25) is 0 Å². The molecule has 3 aromatic carbocycles. The molecule has 0 radical (unpaired) electrons. The van der Waals surface area contributed by atoms with Gasteiger partial charge in [-0.3, -0.25) is 28.8 Å². The number of fused-ring (bicyclic) bond motifs is 2. The Labute approximate surface area is 501 Å². The molecule has 5 N–H and O–H groups in total. The fourth-order valence-electron chi connectivity index (χ4n) is 11.1. The van der Waals surface area contributed by atoms with Gasteiger partial charge in [0, 0.05) is 74.7 Å². The number of ketones is 2. The van der Waals surface area contributed by atoms with Crippen LogP contribution in [0.25, 0.3) is 5.70 Å². The van der Waals surface area contributed by atoms with Gasteiger partial charge in [0.1, 0.15) is 12.0 Å². The van der Waals surface area contributed by atoms with Crippen LogP contribution >= 0.6 is 0 Å². The first-order valence-corrected chi connectivity index (χ1v) is 27.3. The van der Waals surface area contributed by atoms with E-state index in [0.29, 0.717) is 17.9 Å².